The van der Waals surface area contributed by atoms with Gasteiger partial charge in [-0.05, 0) is 18.9 Å². The molecule has 1 aliphatic rings. The zero-order valence-corrected chi connectivity index (χ0v) is 12.2. The van der Waals surface area contributed by atoms with E-state index in [1.54, 1.807) is 6.20 Å². The first-order valence-electron chi connectivity index (χ1n) is 7.19. The van der Waals surface area contributed by atoms with Crippen molar-refractivity contribution in [1.29, 1.82) is 0 Å². The highest BCUT2D eigenvalue weighted by atomic mass is 16.3. The first kappa shape index (κ1) is 14.0. The highest BCUT2D eigenvalue weighted by molar-refractivity contribution is 5.52. The molecule has 2 N–H and O–H groups in total. The van der Waals surface area contributed by atoms with Gasteiger partial charge in [-0.1, -0.05) is 42.0 Å². The molecule has 1 saturated heterocycles. The summed E-state index contributed by atoms with van der Waals surface area (Å²) in [5.74, 6) is 0. The van der Waals surface area contributed by atoms with Crippen LogP contribution in [-0.4, -0.2) is 45.1 Å². The van der Waals surface area contributed by atoms with Crippen LogP contribution in [-0.2, 0) is 5.60 Å². The van der Waals surface area contributed by atoms with E-state index in [2.05, 4.69) is 45.4 Å². The molecule has 21 heavy (non-hydrogen) atoms. The van der Waals surface area contributed by atoms with Gasteiger partial charge in [-0.25, -0.2) is 0 Å². The standard InChI is InChI=1S/C16H20N4O/c1-13(9-14-5-3-2-4-6-14)11-20-8-7-16(21,12-20)15-10-17-19-18-15/h2-6,9-10,21H,7-8,11-12H2,1H3,(H,17,18,19)/b13-9+. The van der Waals surface area contributed by atoms with Gasteiger partial charge in [0.25, 0.3) is 0 Å². The number of hydrogen-bond donors (Lipinski definition) is 2. The molecule has 3 rings (SSSR count). The molecule has 0 amide bonds. The Kier molecular flexibility index (Phi) is 3.86. The van der Waals surface area contributed by atoms with E-state index in [9.17, 15) is 5.11 Å². The number of H-pyrrole nitrogens is 1. The molecule has 2 heterocycles. The molecule has 2 aromatic rings. The fourth-order valence-corrected chi connectivity index (χ4v) is 2.87. The molecule has 0 bridgehead atoms. The Hall–Kier alpha value is -1.98. The summed E-state index contributed by atoms with van der Waals surface area (Å²) in [5.41, 5.74) is 2.25. The van der Waals surface area contributed by atoms with Crippen LogP contribution in [0.1, 0.15) is 24.6 Å². The second-order valence-electron chi connectivity index (χ2n) is 5.75. The Bertz CT molecular complexity index is 608. The van der Waals surface area contributed by atoms with Gasteiger partial charge in [-0.15, -0.1) is 0 Å². The molecule has 5 heteroatoms. The average Bonchev–Trinajstić information content (AvgIpc) is 3.11. The largest absolute Gasteiger partial charge is 0.382 e. The van der Waals surface area contributed by atoms with Crippen molar-refractivity contribution in [3.05, 3.63) is 53.4 Å². The number of aromatic nitrogens is 3. The van der Waals surface area contributed by atoms with Crippen LogP contribution in [0.15, 0.2) is 42.1 Å². The monoisotopic (exact) mass is 284 g/mol. The minimum absolute atomic E-state index is 0.597. The molecule has 1 fully saturated rings. The predicted molar refractivity (Wildman–Crippen MR) is 81.4 cm³/mol. The first-order chi connectivity index (χ1) is 10.2. The molecule has 1 aromatic heterocycles. The summed E-state index contributed by atoms with van der Waals surface area (Å²) in [5, 5.41) is 21.0. The van der Waals surface area contributed by atoms with E-state index >= 15 is 0 Å². The van der Waals surface area contributed by atoms with E-state index in [1.165, 1.54) is 11.1 Å². The molecule has 110 valence electrons. The van der Waals surface area contributed by atoms with Crippen LogP contribution in [0.4, 0.5) is 0 Å². The number of benzene rings is 1. The lowest BCUT2D eigenvalue weighted by Crippen LogP contribution is -2.31. The van der Waals surface area contributed by atoms with Crippen molar-refractivity contribution < 1.29 is 5.11 Å². The van der Waals surface area contributed by atoms with Crippen molar-refractivity contribution in [2.45, 2.75) is 18.9 Å². The lowest BCUT2D eigenvalue weighted by atomic mass is 10.00. The molecule has 1 aromatic carbocycles. The van der Waals surface area contributed by atoms with Crippen molar-refractivity contribution >= 4 is 6.08 Å². The second kappa shape index (κ2) is 5.79. The Balaban J connectivity index is 1.64. The molecule has 5 nitrogen and oxygen atoms in total. The van der Waals surface area contributed by atoms with E-state index in [1.807, 2.05) is 18.2 Å². The third kappa shape index (κ3) is 3.20. The SMILES string of the molecule is C/C(=C\c1ccccc1)CN1CCC(O)(c2cn[nH]n2)C1. The van der Waals surface area contributed by atoms with E-state index in [4.69, 9.17) is 0 Å². The topological polar surface area (TPSA) is 65.0 Å². The van der Waals surface area contributed by atoms with Crippen LogP contribution in [0.25, 0.3) is 6.08 Å². The third-order valence-corrected chi connectivity index (χ3v) is 3.90. The van der Waals surface area contributed by atoms with Gasteiger partial charge >= 0.3 is 0 Å². The Morgan fingerprint density at radius 2 is 2.24 bits per heavy atom. The Labute approximate surface area is 124 Å². The number of hydrogen-bond acceptors (Lipinski definition) is 4. The van der Waals surface area contributed by atoms with E-state index in [0.29, 0.717) is 18.7 Å². The zero-order chi connectivity index (χ0) is 14.7. The molecule has 0 spiro atoms. The van der Waals surface area contributed by atoms with Crippen molar-refractivity contribution in [3.63, 3.8) is 0 Å². The molecular weight excluding hydrogens is 264 g/mol. The molecule has 1 atom stereocenters. The summed E-state index contributed by atoms with van der Waals surface area (Å²) in [6.07, 6.45) is 4.49. The average molecular weight is 284 g/mol. The molecule has 0 radical (unpaired) electrons. The third-order valence-electron chi connectivity index (χ3n) is 3.90. The summed E-state index contributed by atoms with van der Waals surface area (Å²) < 4.78 is 0. The maximum Gasteiger partial charge on any atom is 0.124 e. The number of likely N-dealkylation sites (tertiary alicyclic amines) is 1. The molecule has 1 aliphatic heterocycles. The quantitative estimate of drug-likeness (QED) is 0.898. The Morgan fingerprint density at radius 3 is 2.95 bits per heavy atom. The summed E-state index contributed by atoms with van der Waals surface area (Å²) >= 11 is 0. The van der Waals surface area contributed by atoms with Crippen molar-refractivity contribution in [2.75, 3.05) is 19.6 Å². The van der Waals surface area contributed by atoms with Gasteiger partial charge in [0.1, 0.15) is 11.3 Å². The van der Waals surface area contributed by atoms with Crippen LogP contribution in [0.2, 0.25) is 0 Å². The van der Waals surface area contributed by atoms with E-state index in [-0.39, 0.29) is 0 Å². The minimum atomic E-state index is -0.875. The van der Waals surface area contributed by atoms with Crippen molar-refractivity contribution in [1.82, 2.24) is 20.3 Å². The maximum atomic E-state index is 10.6. The normalized spacial score (nSPS) is 23.6. The van der Waals surface area contributed by atoms with Gasteiger partial charge in [0.15, 0.2) is 0 Å². The van der Waals surface area contributed by atoms with Gasteiger partial charge in [0.05, 0.1) is 6.20 Å². The first-order valence-corrected chi connectivity index (χ1v) is 7.19. The zero-order valence-electron chi connectivity index (χ0n) is 12.2. The fourth-order valence-electron chi connectivity index (χ4n) is 2.87. The van der Waals surface area contributed by atoms with Gasteiger partial charge in [-0.3, -0.25) is 4.90 Å². The molecular formula is C16H20N4O. The summed E-state index contributed by atoms with van der Waals surface area (Å²) in [4.78, 5) is 2.25. The van der Waals surface area contributed by atoms with Crippen LogP contribution >= 0.6 is 0 Å². The highest BCUT2D eigenvalue weighted by Crippen LogP contribution is 2.30. The van der Waals surface area contributed by atoms with Crippen LogP contribution in [0, 0.1) is 0 Å². The summed E-state index contributed by atoms with van der Waals surface area (Å²) in [6, 6.07) is 10.3. The molecule has 0 aliphatic carbocycles. The minimum Gasteiger partial charge on any atom is -0.382 e. The van der Waals surface area contributed by atoms with Crippen molar-refractivity contribution in [3.8, 4) is 0 Å². The fraction of sp³-hybridized carbons (Fsp3) is 0.375. The van der Waals surface area contributed by atoms with Crippen molar-refractivity contribution in [2.24, 2.45) is 0 Å². The number of aromatic amines is 1. The second-order valence-corrected chi connectivity index (χ2v) is 5.75. The van der Waals surface area contributed by atoms with Gasteiger partial charge < -0.3 is 5.11 Å². The van der Waals surface area contributed by atoms with E-state index in [0.717, 1.165) is 13.1 Å². The summed E-state index contributed by atoms with van der Waals surface area (Å²) in [6.45, 7) is 4.44. The highest BCUT2D eigenvalue weighted by Gasteiger charge is 2.39. The smallest absolute Gasteiger partial charge is 0.124 e. The number of rotatable bonds is 4. The van der Waals surface area contributed by atoms with E-state index < -0.39 is 5.60 Å². The van der Waals surface area contributed by atoms with Gasteiger partial charge in [0, 0.05) is 19.6 Å². The van der Waals surface area contributed by atoms with Crippen LogP contribution < -0.4 is 0 Å². The van der Waals surface area contributed by atoms with Gasteiger partial charge in [-0.2, -0.15) is 15.4 Å². The number of nitrogens with one attached hydrogen (secondary N) is 1. The lowest BCUT2D eigenvalue weighted by molar-refractivity contribution is 0.0427. The number of aliphatic hydroxyl groups is 1. The Morgan fingerprint density at radius 1 is 1.43 bits per heavy atom. The molecule has 1 unspecified atom stereocenters. The number of nitrogens with zero attached hydrogens (tertiary/aromatic N) is 3. The van der Waals surface area contributed by atoms with Crippen LogP contribution in [0.3, 0.4) is 0 Å². The molecule has 0 saturated carbocycles. The number of β-amino-alcohol motifs (C(OH)–C–C–N with tert-alkyl or cyclic N) is 1. The van der Waals surface area contributed by atoms with Gasteiger partial charge in [0.2, 0.25) is 0 Å². The summed E-state index contributed by atoms with van der Waals surface area (Å²) in [7, 11) is 0. The lowest BCUT2D eigenvalue weighted by Gasteiger charge is -2.21. The maximum absolute atomic E-state index is 10.6. The predicted octanol–water partition coefficient (Wildman–Crippen LogP) is 1.80. The van der Waals surface area contributed by atoms with Crippen LogP contribution in [0.5, 0.6) is 0 Å².